The fraction of sp³-hybridized carbons (Fsp3) is 0.333. The highest BCUT2D eigenvalue weighted by atomic mass is 79.9. The molecule has 72 valence electrons. The van der Waals surface area contributed by atoms with Crippen molar-refractivity contribution < 1.29 is 14.6 Å². The van der Waals surface area contributed by atoms with Gasteiger partial charge in [0, 0.05) is 6.07 Å². The van der Waals surface area contributed by atoms with E-state index in [-0.39, 0.29) is 10.8 Å². The van der Waals surface area contributed by atoms with Gasteiger partial charge in [0.05, 0.1) is 7.11 Å². The summed E-state index contributed by atoms with van der Waals surface area (Å²) in [6, 6.07) is 4.89. The molecule has 13 heavy (non-hydrogen) atoms. The Bertz CT molecular complexity index is 286. The molecular weight excluding hydrogens is 236 g/mol. The summed E-state index contributed by atoms with van der Waals surface area (Å²) in [4.78, 5) is 0. The molecule has 4 heteroatoms. The van der Waals surface area contributed by atoms with Crippen LogP contribution >= 0.6 is 15.9 Å². The Morgan fingerprint density at radius 2 is 2.15 bits per heavy atom. The van der Waals surface area contributed by atoms with Crippen molar-refractivity contribution in [3.63, 3.8) is 0 Å². The third kappa shape index (κ3) is 2.81. The van der Waals surface area contributed by atoms with Crippen LogP contribution in [0.2, 0.25) is 0 Å². The Kier molecular flexibility index (Phi) is 3.42. The average molecular weight is 247 g/mol. The number of halogens is 1. The van der Waals surface area contributed by atoms with E-state index in [0.717, 1.165) is 0 Å². The molecule has 3 nitrogen and oxygen atoms in total. The first-order chi connectivity index (χ1) is 6.13. The summed E-state index contributed by atoms with van der Waals surface area (Å²) in [5, 5.41) is 9.31. The number of methoxy groups -OCH3 is 1. The van der Waals surface area contributed by atoms with Gasteiger partial charge in [-0.05, 0) is 35.0 Å². The van der Waals surface area contributed by atoms with E-state index >= 15 is 0 Å². The first-order valence-corrected chi connectivity index (χ1v) is 4.73. The number of alkyl halides is 1. The molecule has 0 radical (unpaired) electrons. The first kappa shape index (κ1) is 10.2. The van der Waals surface area contributed by atoms with E-state index < -0.39 is 0 Å². The first-order valence-electron chi connectivity index (χ1n) is 3.81. The van der Waals surface area contributed by atoms with Crippen LogP contribution < -0.4 is 9.47 Å². The summed E-state index contributed by atoms with van der Waals surface area (Å²) in [5.74, 6) is 1.11. The molecule has 0 saturated carbocycles. The number of hydrogen-bond donors (Lipinski definition) is 1. The molecule has 1 N–H and O–H groups in total. The van der Waals surface area contributed by atoms with Crippen LogP contribution in [-0.2, 0) is 0 Å². The molecule has 0 spiro atoms. The zero-order valence-electron chi connectivity index (χ0n) is 7.45. The zero-order valence-corrected chi connectivity index (χ0v) is 9.04. The van der Waals surface area contributed by atoms with E-state index in [0.29, 0.717) is 11.5 Å². The predicted molar refractivity (Wildman–Crippen MR) is 53.7 cm³/mol. The van der Waals surface area contributed by atoms with Gasteiger partial charge in [-0.25, -0.2) is 0 Å². The molecule has 0 heterocycles. The molecule has 0 aliphatic carbocycles. The lowest BCUT2D eigenvalue weighted by Crippen LogP contribution is -2.01. The van der Waals surface area contributed by atoms with Crippen LogP contribution in [0, 0.1) is 0 Å². The fourth-order valence-electron chi connectivity index (χ4n) is 0.899. The molecule has 0 saturated heterocycles. The highest BCUT2D eigenvalue weighted by Gasteiger charge is 2.05. The van der Waals surface area contributed by atoms with Gasteiger partial charge < -0.3 is 14.6 Å². The zero-order chi connectivity index (χ0) is 9.84. The third-order valence-electron chi connectivity index (χ3n) is 1.46. The van der Waals surface area contributed by atoms with Crippen LogP contribution in [0.5, 0.6) is 17.2 Å². The van der Waals surface area contributed by atoms with Gasteiger partial charge in [-0.2, -0.15) is 0 Å². The maximum Gasteiger partial charge on any atom is 0.162 e. The van der Waals surface area contributed by atoms with E-state index in [2.05, 4.69) is 15.9 Å². The fourth-order valence-corrected chi connectivity index (χ4v) is 1.10. The maximum atomic E-state index is 9.45. The second kappa shape index (κ2) is 4.37. The second-order valence-electron chi connectivity index (χ2n) is 2.49. The van der Waals surface area contributed by atoms with E-state index in [4.69, 9.17) is 9.47 Å². The van der Waals surface area contributed by atoms with Crippen molar-refractivity contribution in [2.75, 3.05) is 7.11 Å². The smallest absolute Gasteiger partial charge is 0.162 e. The minimum absolute atomic E-state index is 0.0747. The van der Waals surface area contributed by atoms with E-state index in [1.165, 1.54) is 6.07 Å². The van der Waals surface area contributed by atoms with Crippen LogP contribution in [0.15, 0.2) is 18.2 Å². The number of ether oxygens (including phenoxy) is 2. The van der Waals surface area contributed by atoms with Gasteiger partial charge in [0.2, 0.25) is 0 Å². The summed E-state index contributed by atoms with van der Waals surface area (Å²) in [5.41, 5.74) is 0. The molecule has 0 aliphatic heterocycles. The summed E-state index contributed by atoms with van der Waals surface area (Å²) >= 11 is 3.22. The van der Waals surface area contributed by atoms with Crippen molar-refractivity contribution in [1.29, 1.82) is 0 Å². The Balaban J connectivity index is 2.85. The van der Waals surface area contributed by atoms with Crippen LogP contribution in [0.3, 0.4) is 0 Å². The lowest BCUT2D eigenvalue weighted by molar-refractivity contribution is 0.294. The van der Waals surface area contributed by atoms with Crippen molar-refractivity contribution in [2.45, 2.75) is 11.9 Å². The van der Waals surface area contributed by atoms with Gasteiger partial charge in [-0.1, -0.05) is 0 Å². The minimum atomic E-state index is -0.133. The van der Waals surface area contributed by atoms with Crippen LogP contribution in [-0.4, -0.2) is 17.2 Å². The number of phenols is 1. The van der Waals surface area contributed by atoms with Gasteiger partial charge >= 0.3 is 0 Å². The molecule has 0 amide bonds. The second-order valence-corrected chi connectivity index (χ2v) is 3.78. The third-order valence-corrected chi connectivity index (χ3v) is 1.64. The Morgan fingerprint density at radius 3 is 2.62 bits per heavy atom. The van der Waals surface area contributed by atoms with Gasteiger partial charge in [-0.15, -0.1) is 0 Å². The van der Waals surface area contributed by atoms with Crippen molar-refractivity contribution in [1.82, 2.24) is 0 Å². The molecular formula is C9H11BrO3. The summed E-state index contributed by atoms with van der Waals surface area (Å²) in [6.07, 6.45) is 0. The highest BCUT2D eigenvalue weighted by Crippen LogP contribution is 2.31. The summed E-state index contributed by atoms with van der Waals surface area (Å²) < 4.78 is 10.2. The molecule has 0 aromatic heterocycles. The molecule has 1 rings (SSSR count). The van der Waals surface area contributed by atoms with Gasteiger partial charge in [0.15, 0.2) is 16.5 Å². The predicted octanol–water partition coefficient (Wildman–Crippen LogP) is 2.52. The van der Waals surface area contributed by atoms with Crippen LogP contribution in [0.4, 0.5) is 0 Å². The molecule has 0 bridgehead atoms. The van der Waals surface area contributed by atoms with E-state index in [1.54, 1.807) is 19.2 Å². The Labute approximate surface area is 85.4 Å². The lowest BCUT2D eigenvalue weighted by Gasteiger charge is -2.10. The van der Waals surface area contributed by atoms with Crippen LogP contribution in [0.1, 0.15) is 6.92 Å². The molecule has 0 fully saturated rings. The van der Waals surface area contributed by atoms with Gasteiger partial charge in [0.1, 0.15) is 5.75 Å². The molecule has 1 atom stereocenters. The number of hydrogen-bond acceptors (Lipinski definition) is 3. The van der Waals surface area contributed by atoms with E-state index in [9.17, 15) is 5.11 Å². The lowest BCUT2D eigenvalue weighted by atomic mass is 10.3. The van der Waals surface area contributed by atoms with Gasteiger partial charge in [0.25, 0.3) is 0 Å². The normalized spacial score (nSPS) is 12.2. The molecule has 1 aromatic carbocycles. The topological polar surface area (TPSA) is 38.7 Å². The molecule has 0 aliphatic rings. The van der Waals surface area contributed by atoms with Gasteiger partial charge in [-0.3, -0.25) is 0 Å². The highest BCUT2D eigenvalue weighted by molar-refractivity contribution is 9.09. The van der Waals surface area contributed by atoms with Crippen molar-refractivity contribution in [2.24, 2.45) is 0 Å². The summed E-state index contributed by atoms with van der Waals surface area (Å²) in [7, 11) is 1.54. The Morgan fingerprint density at radius 1 is 1.46 bits per heavy atom. The number of rotatable bonds is 3. The number of aromatic hydroxyl groups is 1. The van der Waals surface area contributed by atoms with Crippen molar-refractivity contribution >= 4 is 15.9 Å². The minimum Gasteiger partial charge on any atom is -0.504 e. The van der Waals surface area contributed by atoms with Crippen LogP contribution in [0.25, 0.3) is 0 Å². The SMILES string of the molecule is COc1ccc(OC(C)Br)c(O)c1. The largest absolute Gasteiger partial charge is 0.504 e. The average Bonchev–Trinajstić information content (AvgIpc) is 2.08. The molecule has 1 unspecified atom stereocenters. The number of phenolic OH excluding ortho intramolecular Hbond substituents is 1. The maximum absolute atomic E-state index is 9.45. The summed E-state index contributed by atoms with van der Waals surface area (Å²) in [6.45, 7) is 1.82. The van der Waals surface area contributed by atoms with Crippen molar-refractivity contribution in [3.8, 4) is 17.2 Å². The number of benzene rings is 1. The Hall–Kier alpha value is -0.900. The quantitative estimate of drug-likeness (QED) is 0.834. The van der Waals surface area contributed by atoms with Crippen molar-refractivity contribution in [3.05, 3.63) is 18.2 Å². The van der Waals surface area contributed by atoms with E-state index in [1.807, 2.05) is 6.92 Å². The molecule has 1 aromatic rings. The standard InChI is InChI=1S/C9H11BrO3/c1-6(10)13-9-4-3-7(12-2)5-8(9)11/h3-6,11H,1-2H3. The monoisotopic (exact) mass is 246 g/mol.